The van der Waals surface area contributed by atoms with Gasteiger partial charge in [-0.1, -0.05) is 32.9 Å². The molecule has 4 heteroatoms. The second kappa shape index (κ2) is 10.8. The summed E-state index contributed by atoms with van der Waals surface area (Å²) in [4.78, 5) is 7.90. The van der Waals surface area contributed by atoms with Crippen molar-refractivity contribution in [1.82, 2.24) is 9.97 Å². The molecule has 2 aromatic heterocycles. The van der Waals surface area contributed by atoms with Crippen LogP contribution in [0.1, 0.15) is 31.9 Å². The van der Waals surface area contributed by atoms with E-state index in [9.17, 15) is 0 Å². The van der Waals surface area contributed by atoms with Gasteiger partial charge < -0.3 is 10.5 Å². The summed E-state index contributed by atoms with van der Waals surface area (Å²) in [5.74, 6) is 1.26. The average Bonchev–Trinajstić information content (AvgIpc) is 2.53. The number of anilines is 1. The topological polar surface area (TPSA) is 61.0 Å². The minimum absolute atomic E-state index is 0.579. The Kier molecular flexibility index (Phi) is 9.66. The normalized spacial score (nSPS) is 8.65. The zero-order valence-corrected chi connectivity index (χ0v) is 13.1. The number of methoxy groups -OCH3 is 1. The standard InChI is InChI=1S/C8H11NO.C6H8N2.C2H6/c1-3-7-4-5-8(10-2)9-6-7;1-5-2-3-6(7)8-4-5;1-2/h4-6H,3H2,1-2H3;2-4H,1H3,(H2,7,8);1-2H3. The Morgan fingerprint density at radius 3 is 2.10 bits per heavy atom. The highest BCUT2D eigenvalue weighted by atomic mass is 16.5. The lowest BCUT2D eigenvalue weighted by molar-refractivity contribution is 0.397. The van der Waals surface area contributed by atoms with E-state index in [2.05, 4.69) is 16.9 Å². The lowest BCUT2D eigenvalue weighted by atomic mass is 10.2. The van der Waals surface area contributed by atoms with Crippen molar-refractivity contribution >= 4 is 5.82 Å². The summed E-state index contributed by atoms with van der Waals surface area (Å²) in [5.41, 5.74) is 7.69. The Morgan fingerprint density at radius 2 is 1.75 bits per heavy atom. The summed E-state index contributed by atoms with van der Waals surface area (Å²) in [5, 5.41) is 0. The summed E-state index contributed by atoms with van der Waals surface area (Å²) in [6, 6.07) is 7.61. The summed E-state index contributed by atoms with van der Waals surface area (Å²) in [6.45, 7) is 8.08. The number of aromatic nitrogens is 2. The van der Waals surface area contributed by atoms with Gasteiger partial charge in [-0.15, -0.1) is 0 Å². The van der Waals surface area contributed by atoms with Crippen molar-refractivity contribution < 1.29 is 4.74 Å². The van der Waals surface area contributed by atoms with Gasteiger partial charge in [-0.3, -0.25) is 0 Å². The van der Waals surface area contributed by atoms with Crippen molar-refractivity contribution in [2.45, 2.75) is 34.1 Å². The molecular formula is C16H25N3O. The highest BCUT2D eigenvalue weighted by Crippen LogP contribution is 2.06. The number of rotatable bonds is 2. The Labute approximate surface area is 122 Å². The van der Waals surface area contributed by atoms with Gasteiger partial charge in [0.15, 0.2) is 0 Å². The van der Waals surface area contributed by atoms with Gasteiger partial charge in [-0.05, 0) is 30.5 Å². The van der Waals surface area contributed by atoms with Crippen molar-refractivity contribution in [1.29, 1.82) is 0 Å². The molecule has 0 aliphatic carbocycles. The molecule has 0 aliphatic heterocycles. The second-order valence-corrected chi connectivity index (χ2v) is 3.82. The Morgan fingerprint density at radius 1 is 1.05 bits per heavy atom. The number of nitrogen functional groups attached to an aromatic ring is 1. The van der Waals surface area contributed by atoms with Gasteiger partial charge in [0.1, 0.15) is 5.82 Å². The molecule has 0 aromatic carbocycles. The minimum atomic E-state index is 0.579. The van der Waals surface area contributed by atoms with Gasteiger partial charge >= 0.3 is 0 Å². The molecule has 20 heavy (non-hydrogen) atoms. The summed E-state index contributed by atoms with van der Waals surface area (Å²) in [6.07, 6.45) is 4.60. The van der Waals surface area contributed by atoms with Crippen LogP contribution in [0.4, 0.5) is 5.82 Å². The molecule has 4 nitrogen and oxygen atoms in total. The van der Waals surface area contributed by atoms with Gasteiger partial charge in [0, 0.05) is 18.5 Å². The van der Waals surface area contributed by atoms with E-state index < -0.39 is 0 Å². The molecule has 0 amide bonds. The molecule has 0 saturated heterocycles. The number of aryl methyl sites for hydroxylation is 2. The lowest BCUT2D eigenvalue weighted by Gasteiger charge is -1.97. The fourth-order valence-corrected chi connectivity index (χ4v) is 1.22. The molecule has 0 radical (unpaired) electrons. The van der Waals surface area contributed by atoms with Gasteiger partial charge in [0.25, 0.3) is 0 Å². The molecule has 110 valence electrons. The Hall–Kier alpha value is -2.10. The van der Waals surface area contributed by atoms with Crippen LogP contribution in [-0.4, -0.2) is 17.1 Å². The van der Waals surface area contributed by atoms with Crippen molar-refractivity contribution in [3.63, 3.8) is 0 Å². The van der Waals surface area contributed by atoms with Crippen LogP contribution >= 0.6 is 0 Å². The molecule has 2 N–H and O–H groups in total. The summed E-state index contributed by atoms with van der Waals surface area (Å²) < 4.78 is 4.90. The van der Waals surface area contributed by atoms with Crippen LogP contribution in [0.15, 0.2) is 36.7 Å². The number of nitrogens with zero attached hydrogens (tertiary/aromatic N) is 2. The first kappa shape index (κ1) is 17.9. The van der Waals surface area contributed by atoms with E-state index in [1.807, 2.05) is 45.2 Å². The third kappa shape index (κ3) is 7.36. The van der Waals surface area contributed by atoms with E-state index in [1.165, 1.54) is 5.56 Å². The zero-order valence-electron chi connectivity index (χ0n) is 13.1. The first-order valence-electron chi connectivity index (χ1n) is 6.82. The van der Waals surface area contributed by atoms with Crippen LogP contribution in [0.5, 0.6) is 5.88 Å². The fraction of sp³-hybridized carbons (Fsp3) is 0.375. The number of hydrogen-bond donors (Lipinski definition) is 1. The van der Waals surface area contributed by atoms with Gasteiger partial charge in [0.2, 0.25) is 5.88 Å². The van der Waals surface area contributed by atoms with E-state index >= 15 is 0 Å². The fourth-order valence-electron chi connectivity index (χ4n) is 1.22. The second-order valence-electron chi connectivity index (χ2n) is 3.82. The number of ether oxygens (including phenoxy) is 1. The maximum Gasteiger partial charge on any atom is 0.212 e. The van der Waals surface area contributed by atoms with Crippen molar-refractivity contribution in [2.24, 2.45) is 0 Å². The highest BCUT2D eigenvalue weighted by Gasteiger charge is 1.90. The Bertz CT molecular complexity index is 408. The van der Waals surface area contributed by atoms with Crippen LogP contribution in [-0.2, 0) is 6.42 Å². The molecule has 2 rings (SSSR count). The minimum Gasteiger partial charge on any atom is -0.481 e. The third-order valence-corrected chi connectivity index (χ3v) is 2.35. The number of nitrogens with two attached hydrogens (primary N) is 1. The summed E-state index contributed by atoms with van der Waals surface area (Å²) in [7, 11) is 1.62. The van der Waals surface area contributed by atoms with E-state index in [4.69, 9.17) is 10.5 Å². The van der Waals surface area contributed by atoms with Gasteiger partial charge in [0.05, 0.1) is 7.11 Å². The van der Waals surface area contributed by atoms with Crippen LogP contribution in [0.2, 0.25) is 0 Å². The van der Waals surface area contributed by atoms with Gasteiger partial charge in [-0.25, -0.2) is 9.97 Å². The average molecular weight is 275 g/mol. The molecule has 2 aromatic rings. The third-order valence-electron chi connectivity index (χ3n) is 2.35. The quantitative estimate of drug-likeness (QED) is 0.908. The molecular weight excluding hydrogens is 250 g/mol. The van der Waals surface area contributed by atoms with E-state index in [0.717, 1.165) is 12.0 Å². The van der Waals surface area contributed by atoms with Crippen LogP contribution in [0.25, 0.3) is 0 Å². The monoisotopic (exact) mass is 275 g/mol. The van der Waals surface area contributed by atoms with Gasteiger partial charge in [-0.2, -0.15) is 0 Å². The number of pyridine rings is 2. The van der Waals surface area contributed by atoms with Crippen molar-refractivity contribution in [3.8, 4) is 5.88 Å². The molecule has 0 aliphatic rings. The first-order chi connectivity index (χ1) is 9.65. The SMILES string of the molecule is CC.CCc1ccc(OC)nc1.Cc1ccc(N)nc1. The lowest BCUT2D eigenvalue weighted by Crippen LogP contribution is -1.87. The predicted octanol–water partition coefficient (Wildman–Crippen LogP) is 3.65. The van der Waals surface area contributed by atoms with Crippen LogP contribution in [0.3, 0.4) is 0 Å². The van der Waals surface area contributed by atoms with E-state index in [1.54, 1.807) is 19.4 Å². The first-order valence-corrected chi connectivity index (χ1v) is 6.82. The van der Waals surface area contributed by atoms with Crippen molar-refractivity contribution in [2.75, 3.05) is 12.8 Å². The molecule has 0 fully saturated rings. The molecule has 0 atom stereocenters. The molecule has 2 heterocycles. The molecule has 0 unspecified atom stereocenters. The predicted molar refractivity (Wildman–Crippen MR) is 84.9 cm³/mol. The molecule has 0 bridgehead atoms. The number of hydrogen-bond acceptors (Lipinski definition) is 4. The smallest absolute Gasteiger partial charge is 0.212 e. The molecule has 0 spiro atoms. The van der Waals surface area contributed by atoms with E-state index in [0.29, 0.717) is 11.7 Å². The van der Waals surface area contributed by atoms with Crippen LogP contribution < -0.4 is 10.5 Å². The van der Waals surface area contributed by atoms with Crippen molar-refractivity contribution in [3.05, 3.63) is 47.8 Å². The van der Waals surface area contributed by atoms with Crippen LogP contribution in [0, 0.1) is 6.92 Å². The summed E-state index contributed by atoms with van der Waals surface area (Å²) >= 11 is 0. The highest BCUT2D eigenvalue weighted by molar-refractivity contribution is 5.28. The molecule has 0 saturated carbocycles. The van der Waals surface area contributed by atoms with E-state index in [-0.39, 0.29) is 0 Å². The zero-order chi connectivity index (χ0) is 15.4. The maximum atomic E-state index is 5.32. The largest absolute Gasteiger partial charge is 0.481 e. The maximum absolute atomic E-state index is 5.32. The Balaban J connectivity index is 0.000000327.